The molecule has 9 nitrogen and oxygen atoms in total. The highest BCUT2D eigenvalue weighted by molar-refractivity contribution is 5.69. The van der Waals surface area contributed by atoms with Gasteiger partial charge in [-0.05, 0) is 38.0 Å². The molecule has 1 fully saturated rings. The first-order valence-electron chi connectivity index (χ1n) is 9.59. The molecule has 9 heteroatoms. The summed E-state index contributed by atoms with van der Waals surface area (Å²) < 4.78 is 4.00. The van der Waals surface area contributed by atoms with Crippen LogP contribution in [0.25, 0.3) is 17.2 Å². The van der Waals surface area contributed by atoms with Crippen LogP contribution in [0.2, 0.25) is 0 Å². The fourth-order valence-electron chi connectivity index (χ4n) is 4.02. The molecule has 0 saturated heterocycles. The molecule has 0 N–H and O–H groups in total. The predicted molar refractivity (Wildman–Crippen MR) is 102 cm³/mol. The predicted octanol–water partition coefficient (Wildman–Crippen LogP) is 2.24. The van der Waals surface area contributed by atoms with Crippen LogP contribution in [0.5, 0.6) is 0 Å². The van der Waals surface area contributed by atoms with Crippen LogP contribution in [0.4, 0.5) is 5.69 Å². The maximum absolute atomic E-state index is 4.68. The van der Waals surface area contributed by atoms with Crippen molar-refractivity contribution in [2.75, 3.05) is 11.4 Å². The fourth-order valence-corrected chi connectivity index (χ4v) is 4.02. The molecule has 0 unspecified atom stereocenters. The SMILES string of the molecule is C[C@H]1CN(c2cc(C3CC3)nn3cnnc23)Cc2nnc(-c3ccccn3)n21. The van der Waals surface area contributed by atoms with Gasteiger partial charge in [-0.1, -0.05) is 6.07 Å². The van der Waals surface area contributed by atoms with Gasteiger partial charge in [0.25, 0.3) is 0 Å². The molecule has 0 radical (unpaired) electrons. The quantitative estimate of drug-likeness (QED) is 0.544. The van der Waals surface area contributed by atoms with Gasteiger partial charge in [-0.25, -0.2) is 0 Å². The Balaban J connectivity index is 1.42. The summed E-state index contributed by atoms with van der Waals surface area (Å²) in [5.41, 5.74) is 3.82. The van der Waals surface area contributed by atoms with Gasteiger partial charge in [0.15, 0.2) is 11.6 Å². The van der Waals surface area contributed by atoms with Crippen molar-refractivity contribution < 1.29 is 0 Å². The number of nitrogens with zero attached hydrogens (tertiary/aromatic N) is 9. The van der Waals surface area contributed by atoms with E-state index in [0.29, 0.717) is 12.5 Å². The Morgan fingerprint density at radius 1 is 1.11 bits per heavy atom. The van der Waals surface area contributed by atoms with Gasteiger partial charge >= 0.3 is 0 Å². The van der Waals surface area contributed by atoms with Gasteiger partial charge in [0, 0.05) is 18.7 Å². The van der Waals surface area contributed by atoms with E-state index in [1.54, 1.807) is 17.0 Å². The summed E-state index contributed by atoms with van der Waals surface area (Å²) in [5.74, 6) is 2.32. The number of anilines is 1. The molecule has 0 bridgehead atoms. The first-order valence-corrected chi connectivity index (χ1v) is 9.59. The molecule has 6 rings (SSSR count). The van der Waals surface area contributed by atoms with Gasteiger partial charge in [0.1, 0.15) is 12.0 Å². The first kappa shape index (κ1) is 15.7. The molecule has 0 amide bonds. The van der Waals surface area contributed by atoms with E-state index in [1.807, 2.05) is 18.2 Å². The Morgan fingerprint density at radius 2 is 2.04 bits per heavy atom. The second-order valence-electron chi connectivity index (χ2n) is 7.58. The maximum Gasteiger partial charge on any atom is 0.200 e. The van der Waals surface area contributed by atoms with Crippen molar-refractivity contribution in [3.05, 3.63) is 48.3 Å². The van der Waals surface area contributed by atoms with E-state index in [1.165, 1.54) is 12.8 Å². The van der Waals surface area contributed by atoms with E-state index in [9.17, 15) is 0 Å². The van der Waals surface area contributed by atoms with Gasteiger partial charge in [-0.15, -0.1) is 20.4 Å². The van der Waals surface area contributed by atoms with Gasteiger partial charge < -0.3 is 9.47 Å². The Bertz CT molecular complexity index is 1160. The normalized spacial score (nSPS) is 19.2. The summed E-state index contributed by atoms with van der Waals surface area (Å²) in [7, 11) is 0. The molecule has 1 saturated carbocycles. The Morgan fingerprint density at radius 3 is 2.86 bits per heavy atom. The molecule has 1 atom stereocenters. The zero-order valence-electron chi connectivity index (χ0n) is 15.5. The van der Waals surface area contributed by atoms with E-state index in [-0.39, 0.29) is 6.04 Å². The second kappa shape index (κ2) is 5.82. The highest BCUT2D eigenvalue weighted by Crippen LogP contribution is 2.41. The molecule has 2 aliphatic rings. The molecule has 28 heavy (non-hydrogen) atoms. The molecule has 1 aliphatic heterocycles. The minimum absolute atomic E-state index is 0.205. The highest BCUT2D eigenvalue weighted by atomic mass is 15.4. The third-order valence-corrected chi connectivity index (χ3v) is 5.52. The number of aromatic nitrogens is 8. The van der Waals surface area contributed by atoms with E-state index in [0.717, 1.165) is 40.9 Å². The highest BCUT2D eigenvalue weighted by Gasteiger charge is 2.31. The van der Waals surface area contributed by atoms with Crippen molar-refractivity contribution in [1.82, 2.24) is 39.6 Å². The van der Waals surface area contributed by atoms with Crippen LogP contribution in [-0.2, 0) is 6.54 Å². The Labute approximate surface area is 161 Å². The maximum atomic E-state index is 4.68. The monoisotopic (exact) mass is 373 g/mol. The molecular formula is C19H19N9. The zero-order chi connectivity index (χ0) is 18.7. The first-order chi connectivity index (χ1) is 13.8. The van der Waals surface area contributed by atoms with Crippen molar-refractivity contribution in [2.45, 2.75) is 38.3 Å². The van der Waals surface area contributed by atoms with E-state index in [2.05, 4.69) is 52.9 Å². The van der Waals surface area contributed by atoms with Crippen molar-refractivity contribution in [2.24, 2.45) is 0 Å². The van der Waals surface area contributed by atoms with Crippen LogP contribution < -0.4 is 4.90 Å². The van der Waals surface area contributed by atoms with E-state index in [4.69, 9.17) is 0 Å². The molecule has 4 aromatic heterocycles. The van der Waals surface area contributed by atoms with E-state index >= 15 is 0 Å². The Hall–Kier alpha value is -3.36. The van der Waals surface area contributed by atoms with Crippen molar-refractivity contribution in [3.8, 4) is 11.5 Å². The topological polar surface area (TPSA) is 89.9 Å². The number of hydrogen-bond acceptors (Lipinski definition) is 7. The standard InChI is InChI=1S/C19H19N9/c1-12-9-26(10-17-22-24-18(28(12)17)14-4-2-3-7-20-14)16-8-15(13-5-6-13)25-27-11-21-23-19(16)27/h2-4,7-8,11-13H,5-6,9-10H2,1H3/t12-/m0/s1. The van der Waals surface area contributed by atoms with Crippen molar-refractivity contribution >= 4 is 11.3 Å². The molecule has 140 valence electrons. The summed E-state index contributed by atoms with van der Waals surface area (Å²) in [5, 5.41) is 22.0. The molecular weight excluding hydrogens is 354 g/mol. The minimum atomic E-state index is 0.205. The largest absolute Gasteiger partial charge is 0.359 e. The van der Waals surface area contributed by atoms with Crippen molar-refractivity contribution in [3.63, 3.8) is 0 Å². The van der Waals surface area contributed by atoms with Crippen LogP contribution in [0.1, 0.15) is 43.2 Å². The van der Waals surface area contributed by atoms with Gasteiger partial charge in [-0.2, -0.15) is 9.61 Å². The third kappa shape index (κ3) is 2.39. The smallest absolute Gasteiger partial charge is 0.200 e. The fraction of sp³-hybridized carbons (Fsp3) is 0.368. The van der Waals surface area contributed by atoms with Crippen LogP contribution in [-0.4, -0.2) is 46.1 Å². The van der Waals surface area contributed by atoms with E-state index < -0.39 is 0 Å². The number of fused-ring (bicyclic) bond motifs is 2. The van der Waals surface area contributed by atoms with Crippen molar-refractivity contribution in [1.29, 1.82) is 0 Å². The third-order valence-electron chi connectivity index (χ3n) is 5.52. The summed E-state index contributed by atoms with van der Waals surface area (Å²) in [6.07, 6.45) is 5.88. The number of pyridine rings is 1. The molecule has 1 aliphatic carbocycles. The lowest BCUT2D eigenvalue weighted by Crippen LogP contribution is -2.37. The molecule has 4 aromatic rings. The molecule has 5 heterocycles. The summed E-state index contributed by atoms with van der Waals surface area (Å²) in [6.45, 7) is 3.69. The summed E-state index contributed by atoms with van der Waals surface area (Å²) in [6, 6.07) is 8.24. The zero-order valence-corrected chi connectivity index (χ0v) is 15.5. The minimum Gasteiger partial charge on any atom is -0.359 e. The number of hydrogen-bond donors (Lipinski definition) is 0. The van der Waals surface area contributed by atoms with Gasteiger partial charge in [-0.3, -0.25) is 4.98 Å². The van der Waals surface area contributed by atoms with Gasteiger partial charge in [0.2, 0.25) is 5.65 Å². The summed E-state index contributed by atoms with van der Waals surface area (Å²) in [4.78, 5) is 6.76. The van der Waals surface area contributed by atoms with Gasteiger partial charge in [0.05, 0.1) is 24.0 Å². The van der Waals surface area contributed by atoms with Crippen LogP contribution in [0.3, 0.4) is 0 Å². The second-order valence-corrected chi connectivity index (χ2v) is 7.58. The average Bonchev–Trinajstić information content (AvgIpc) is 3.30. The Kier molecular flexibility index (Phi) is 3.26. The summed E-state index contributed by atoms with van der Waals surface area (Å²) >= 11 is 0. The lowest BCUT2D eigenvalue weighted by atomic mass is 10.1. The lowest BCUT2D eigenvalue weighted by Gasteiger charge is -2.34. The van der Waals surface area contributed by atoms with Crippen LogP contribution in [0.15, 0.2) is 36.8 Å². The molecule has 0 spiro atoms. The van der Waals surface area contributed by atoms with Crippen LogP contribution >= 0.6 is 0 Å². The number of rotatable bonds is 3. The average molecular weight is 373 g/mol. The molecule has 0 aromatic carbocycles. The van der Waals surface area contributed by atoms with Crippen LogP contribution in [0, 0.1) is 0 Å². The lowest BCUT2D eigenvalue weighted by molar-refractivity contribution is 0.466.